The van der Waals surface area contributed by atoms with Crippen LogP contribution in [0, 0.1) is 20.2 Å². The Kier molecular flexibility index (Phi) is 4.52. The van der Waals surface area contributed by atoms with Crippen LogP contribution in [0.15, 0.2) is 12.1 Å². The van der Waals surface area contributed by atoms with E-state index in [4.69, 9.17) is 0 Å². The molecule has 104 valence electrons. The third-order valence-corrected chi connectivity index (χ3v) is 3.12. The molecular formula is C12H15FN2O4. The predicted molar refractivity (Wildman–Crippen MR) is 68.0 cm³/mol. The molecule has 1 aromatic carbocycles. The summed E-state index contributed by atoms with van der Waals surface area (Å²) in [7, 11) is 0. The highest BCUT2D eigenvalue weighted by molar-refractivity contribution is 5.55. The van der Waals surface area contributed by atoms with E-state index in [9.17, 15) is 24.6 Å². The summed E-state index contributed by atoms with van der Waals surface area (Å²) in [6, 6.07) is 2.05. The molecule has 6 nitrogen and oxygen atoms in total. The van der Waals surface area contributed by atoms with Crippen molar-refractivity contribution < 1.29 is 14.2 Å². The van der Waals surface area contributed by atoms with Crippen molar-refractivity contribution >= 4 is 11.4 Å². The van der Waals surface area contributed by atoms with Gasteiger partial charge in [0.25, 0.3) is 11.4 Å². The minimum absolute atomic E-state index is 0.0649. The maximum absolute atomic E-state index is 13.7. The summed E-state index contributed by atoms with van der Waals surface area (Å²) in [6.07, 6.45) is -0.942. The Morgan fingerprint density at radius 2 is 1.79 bits per heavy atom. The molecule has 0 spiro atoms. The quantitative estimate of drug-likeness (QED) is 0.596. The van der Waals surface area contributed by atoms with Gasteiger partial charge >= 0.3 is 0 Å². The summed E-state index contributed by atoms with van der Waals surface area (Å²) in [5.41, 5.74) is -0.644. The van der Waals surface area contributed by atoms with Crippen LogP contribution in [0.4, 0.5) is 15.8 Å². The van der Waals surface area contributed by atoms with Crippen LogP contribution in [-0.4, -0.2) is 9.85 Å². The average molecular weight is 270 g/mol. The number of halogens is 1. The van der Waals surface area contributed by atoms with Crippen LogP contribution in [0.3, 0.4) is 0 Å². The van der Waals surface area contributed by atoms with E-state index in [2.05, 4.69) is 0 Å². The number of nitro groups is 2. The second-order valence-electron chi connectivity index (χ2n) is 4.41. The van der Waals surface area contributed by atoms with Crippen molar-refractivity contribution in [3.8, 4) is 0 Å². The van der Waals surface area contributed by atoms with E-state index < -0.39 is 21.7 Å². The number of non-ortho nitro benzene ring substituents is 1. The zero-order valence-corrected chi connectivity index (χ0v) is 10.9. The number of rotatable bonds is 5. The molecule has 0 fully saturated rings. The van der Waals surface area contributed by atoms with Gasteiger partial charge in [-0.15, -0.1) is 0 Å². The van der Waals surface area contributed by atoms with E-state index in [0.717, 1.165) is 6.07 Å². The molecule has 0 bridgehead atoms. The van der Waals surface area contributed by atoms with Crippen LogP contribution in [-0.2, 0) is 0 Å². The van der Waals surface area contributed by atoms with Gasteiger partial charge in [0.05, 0.1) is 21.5 Å². The minimum atomic E-state index is -1.55. The van der Waals surface area contributed by atoms with E-state index in [1.165, 1.54) is 13.0 Å². The second-order valence-corrected chi connectivity index (χ2v) is 4.41. The number of alkyl halides is 1. The second kappa shape index (κ2) is 5.73. The van der Waals surface area contributed by atoms with Gasteiger partial charge in [-0.1, -0.05) is 13.8 Å². The summed E-state index contributed by atoms with van der Waals surface area (Å²) in [5, 5.41) is 21.8. The van der Waals surface area contributed by atoms with E-state index >= 15 is 0 Å². The number of hydrogen-bond acceptors (Lipinski definition) is 4. The van der Waals surface area contributed by atoms with Gasteiger partial charge in [-0.3, -0.25) is 20.2 Å². The monoisotopic (exact) mass is 270 g/mol. The van der Waals surface area contributed by atoms with Crippen molar-refractivity contribution in [3.05, 3.63) is 43.5 Å². The molecule has 2 unspecified atom stereocenters. The van der Waals surface area contributed by atoms with Gasteiger partial charge in [-0.2, -0.15) is 0 Å². The maximum Gasteiger partial charge on any atom is 0.282 e. The number of nitro benzene ring substituents is 2. The zero-order valence-electron chi connectivity index (χ0n) is 10.9. The lowest BCUT2D eigenvalue weighted by molar-refractivity contribution is -0.394. The fraction of sp³-hybridized carbons (Fsp3) is 0.500. The highest BCUT2D eigenvalue weighted by Crippen LogP contribution is 2.38. The van der Waals surface area contributed by atoms with Crippen molar-refractivity contribution in [2.24, 2.45) is 0 Å². The van der Waals surface area contributed by atoms with E-state index in [-0.39, 0.29) is 17.2 Å². The Morgan fingerprint density at radius 1 is 1.21 bits per heavy atom. The largest absolute Gasteiger partial charge is 0.282 e. The van der Waals surface area contributed by atoms with E-state index in [1.807, 2.05) is 6.92 Å². The van der Waals surface area contributed by atoms with Crippen molar-refractivity contribution in [3.63, 3.8) is 0 Å². The van der Waals surface area contributed by atoms with Gasteiger partial charge in [-0.05, 0) is 24.8 Å². The average Bonchev–Trinajstić information content (AvgIpc) is 2.35. The van der Waals surface area contributed by atoms with Crippen molar-refractivity contribution in [2.75, 3.05) is 0 Å². The molecular weight excluding hydrogens is 255 g/mol. The summed E-state index contributed by atoms with van der Waals surface area (Å²) in [4.78, 5) is 20.3. The fourth-order valence-corrected chi connectivity index (χ4v) is 1.96. The highest BCUT2D eigenvalue weighted by Gasteiger charge is 2.29. The number of hydrogen-bond donors (Lipinski definition) is 0. The van der Waals surface area contributed by atoms with Crippen LogP contribution < -0.4 is 0 Å². The smallest absolute Gasteiger partial charge is 0.258 e. The summed E-state index contributed by atoms with van der Waals surface area (Å²) in [5.74, 6) is -0.188. The molecule has 19 heavy (non-hydrogen) atoms. The molecule has 0 heterocycles. The van der Waals surface area contributed by atoms with Crippen LogP contribution in [0.1, 0.15) is 50.4 Å². The van der Waals surface area contributed by atoms with Crippen LogP contribution in [0.25, 0.3) is 0 Å². The van der Waals surface area contributed by atoms with Gasteiger partial charge < -0.3 is 0 Å². The van der Waals surface area contributed by atoms with Gasteiger partial charge in [-0.25, -0.2) is 4.39 Å². The SMILES string of the molecule is CCC(C)c1cc([N+](=O)[O-])cc([N+](=O)[O-])c1C(C)F. The molecule has 1 aromatic rings. The topological polar surface area (TPSA) is 86.3 Å². The molecule has 1 rings (SSSR count). The van der Waals surface area contributed by atoms with Crippen LogP contribution in [0.5, 0.6) is 0 Å². The third kappa shape index (κ3) is 3.04. The first-order chi connectivity index (χ1) is 8.79. The van der Waals surface area contributed by atoms with E-state index in [1.54, 1.807) is 6.92 Å². The molecule has 0 saturated heterocycles. The van der Waals surface area contributed by atoms with Crippen LogP contribution >= 0.6 is 0 Å². The molecule has 0 aliphatic rings. The van der Waals surface area contributed by atoms with Crippen LogP contribution in [0.2, 0.25) is 0 Å². The minimum Gasteiger partial charge on any atom is -0.258 e. The molecule has 0 aromatic heterocycles. The Labute approximate surface area is 109 Å². The number of benzene rings is 1. The molecule has 7 heteroatoms. The van der Waals surface area contributed by atoms with Crippen molar-refractivity contribution in [2.45, 2.75) is 39.3 Å². The summed E-state index contributed by atoms with van der Waals surface area (Å²) < 4.78 is 13.7. The Bertz CT molecular complexity index is 517. The number of nitrogens with zero attached hydrogens (tertiary/aromatic N) is 2. The van der Waals surface area contributed by atoms with Crippen molar-refractivity contribution in [1.29, 1.82) is 0 Å². The van der Waals surface area contributed by atoms with E-state index in [0.29, 0.717) is 12.0 Å². The third-order valence-electron chi connectivity index (χ3n) is 3.12. The molecule has 0 N–H and O–H groups in total. The molecule has 0 saturated carbocycles. The Morgan fingerprint density at radius 3 is 2.16 bits per heavy atom. The van der Waals surface area contributed by atoms with Crippen molar-refractivity contribution in [1.82, 2.24) is 0 Å². The normalized spacial score (nSPS) is 13.9. The lowest BCUT2D eigenvalue weighted by atomic mass is 9.90. The predicted octanol–water partition coefficient (Wildman–Crippen LogP) is 4.05. The zero-order chi connectivity index (χ0) is 14.7. The lowest BCUT2D eigenvalue weighted by Gasteiger charge is -2.15. The first-order valence-electron chi connectivity index (χ1n) is 5.90. The molecule has 2 atom stereocenters. The van der Waals surface area contributed by atoms with Gasteiger partial charge in [0.2, 0.25) is 0 Å². The first-order valence-corrected chi connectivity index (χ1v) is 5.90. The Balaban J connectivity index is 3.65. The maximum atomic E-state index is 13.7. The standard InChI is InChI=1S/C12H15FN2O4/c1-4-7(2)10-5-9(14(16)17)6-11(15(18)19)12(10)8(3)13/h5-8H,4H2,1-3H3. The summed E-state index contributed by atoms with van der Waals surface area (Å²) >= 11 is 0. The summed E-state index contributed by atoms with van der Waals surface area (Å²) in [6.45, 7) is 4.79. The first kappa shape index (κ1) is 15.0. The van der Waals surface area contributed by atoms with Gasteiger partial charge in [0.15, 0.2) is 0 Å². The fourth-order valence-electron chi connectivity index (χ4n) is 1.96. The highest BCUT2D eigenvalue weighted by atomic mass is 19.1. The molecule has 0 aliphatic heterocycles. The molecule has 0 amide bonds. The molecule has 0 aliphatic carbocycles. The molecule has 0 radical (unpaired) electrons. The van der Waals surface area contributed by atoms with Gasteiger partial charge in [0.1, 0.15) is 6.17 Å². The Hall–Kier alpha value is -2.05. The lowest BCUT2D eigenvalue weighted by Crippen LogP contribution is -2.06. The van der Waals surface area contributed by atoms with Gasteiger partial charge in [0, 0.05) is 6.07 Å².